The molecule has 78 valence electrons. The maximum absolute atomic E-state index is 10.8. The SMILES string of the molecule is CC(=O)Oc1cc2nc(C)nn2c(C)n1. The average Bonchev–Trinajstić information content (AvgIpc) is 2.44. The summed E-state index contributed by atoms with van der Waals surface area (Å²) in [7, 11) is 0. The van der Waals surface area contributed by atoms with E-state index in [2.05, 4.69) is 15.1 Å². The standard InChI is InChI=1S/C9H10N4O2/c1-5-10-8-4-9(15-7(3)14)11-6(2)13(8)12-5/h4H,1-3H3. The lowest BCUT2D eigenvalue weighted by Gasteiger charge is -2.02. The third-order valence-corrected chi connectivity index (χ3v) is 1.82. The maximum atomic E-state index is 10.8. The molecule has 6 nitrogen and oxygen atoms in total. The van der Waals surface area contributed by atoms with Crippen molar-refractivity contribution >= 4 is 11.6 Å². The van der Waals surface area contributed by atoms with Gasteiger partial charge in [-0.25, -0.2) is 4.98 Å². The van der Waals surface area contributed by atoms with Crippen LogP contribution in [0.25, 0.3) is 5.65 Å². The van der Waals surface area contributed by atoms with Gasteiger partial charge >= 0.3 is 5.97 Å². The van der Waals surface area contributed by atoms with Gasteiger partial charge < -0.3 is 4.74 Å². The Morgan fingerprint density at radius 1 is 1.40 bits per heavy atom. The molecular weight excluding hydrogens is 196 g/mol. The topological polar surface area (TPSA) is 69.4 Å². The van der Waals surface area contributed by atoms with Gasteiger partial charge in [-0.1, -0.05) is 0 Å². The van der Waals surface area contributed by atoms with Crippen LogP contribution >= 0.6 is 0 Å². The lowest BCUT2D eigenvalue weighted by molar-refractivity contribution is -0.132. The Kier molecular flexibility index (Phi) is 2.11. The predicted octanol–water partition coefficient (Wildman–Crippen LogP) is 0.666. The van der Waals surface area contributed by atoms with Crippen LogP contribution in [0.1, 0.15) is 18.6 Å². The molecule has 0 aromatic carbocycles. The fraction of sp³-hybridized carbons (Fsp3) is 0.333. The molecule has 0 fully saturated rings. The van der Waals surface area contributed by atoms with Gasteiger partial charge in [0, 0.05) is 13.0 Å². The zero-order valence-corrected chi connectivity index (χ0v) is 8.68. The van der Waals surface area contributed by atoms with Crippen molar-refractivity contribution in [2.45, 2.75) is 20.8 Å². The summed E-state index contributed by atoms with van der Waals surface area (Å²) in [5.41, 5.74) is 0.622. The average molecular weight is 206 g/mol. The van der Waals surface area contributed by atoms with Crippen LogP contribution in [0.15, 0.2) is 6.07 Å². The first-order chi connectivity index (χ1) is 7.06. The number of aromatic nitrogens is 4. The van der Waals surface area contributed by atoms with Crippen molar-refractivity contribution in [2.24, 2.45) is 0 Å². The number of ether oxygens (including phenoxy) is 1. The molecule has 2 heterocycles. The molecule has 0 bridgehead atoms. The lowest BCUT2D eigenvalue weighted by Crippen LogP contribution is -2.06. The summed E-state index contributed by atoms with van der Waals surface area (Å²) in [6.07, 6.45) is 0. The maximum Gasteiger partial charge on any atom is 0.309 e. The highest BCUT2D eigenvalue weighted by atomic mass is 16.5. The molecule has 0 aliphatic heterocycles. The number of hydrogen-bond donors (Lipinski definition) is 0. The van der Waals surface area contributed by atoms with E-state index < -0.39 is 5.97 Å². The van der Waals surface area contributed by atoms with Crippen molar-refractivity contribution in [1.82, 2.24) is 19.6 Å². The van der Waals surface area contributed by atoms with E-state index in [0.29, 0.717) is 17.3 Å². The Morgan fingerprint density at radius 3 is 2.80 bits per heavy atom. The van der Waals surface area contributed by atoms with Gasteiger partial charge in [-0.05, 0) is 13.8 Å². The zero-order chi connectivity index (χ0) is 11.0. The van der Waals surface area contributed by atoms with Crippen LogP contribution in [-0.4, -0.2) is 25.6 Å². The van der Waals surface area contributed by atoms with Crippen molar-refractivity contribution in [1.29, 1.82) is 0 Å². The minimum atomic E-state index is -0.400. The summed E-state index contributed by atoms with van der Waals surface area (Å²) in [5.74, 6) is 1.13. The highest BCUT2D eigenvalue weighted by Gasteiger charge is 2.08. The van der Waals surface area contributed by atoms with E-state index in [4.69, 9.17) is 4.74 Å². The normalized spacial score (nSPS) is 10.6. The van der Waals surface area contributed by atoms with Gasteiger partial charge in [-0.2, -0.15) is 9.50 Å². The first kappa shape index (κ1) is 9.57. The summed E-state index contributed by atoms with van der Waals surface area (Å²) >= 11 is 0. The highest BCUT2D eigenvalue weighted by Crippen LogP contribution is 2.12. The van der Waals surface area contributed by atoms with Crippen LogP contribution in [0.2, 0.25) is 0 Å². The van der Waals surface area contributed by atoms with Crippen LogP contribution in [0.5, 0.6) is 5.88 Å². The Bertz CT molecular complexity index is 532. The van der Waals surface area contributed by atoms with Crippen molar-refractivity contribution in [3.63, 3.8) is 0 Å². The smallest absolute Gasteiger partial charge is 0.309 e. The summed E-state index contributed by atoms with van der Waals surface area (Å²) in [5, 5.41) is 4.14. The monoisotopic (exact) mass is 206 g/mol. The molecule has 0 radical (unpaired) electrons. The van der Waals surface area contributed by atoms with E-state index in [1.165, 1.54) is 6.92 Å². The molecule has 2 rings (SSSR count). The minimum Gasteiger partial charge on any atom is -0.407 e. The zero-order valence-electron chi connectivity index (χ0n) is 8.68. The van der Waals surface area contributed by atoms with Gasteiger partial charge in [-0.15, -0.1) is 5.10 Å². The van der Waals surface area contributed by atoms with E-state index in [0.717, 1.165) is 0 Å². The van der Waals surface area contributed by atoms with Crippen molar-refractivity contribution in [3.05, 3.63) is 17.7 Å². The molecule has 0 unspecified atom stereocenters. The van der Waals surface area contributed by atoms with Crippen LogP contribution < -0.4 is 4.74 Å². The lowest BCUT2D eigenvalue weighted by atomic mass is 10.5. The molecule has 0 spiro atoms. The molecule has 0 N–H and O–H groups in total. The fourth-order valence-electron chi connectivity index (χ4n) is 1.31. The number of rotatable bonds is 1. The van der Waals surface area contributed by atoms with E-state index in [1.807, 2.05) is 0 Å². The molecule has 0 saturated heterocycles. The Labute approximate surface area is 85.9 Å². The second kappa shape index (κ2) is 3.30. The first-order valence-corrected chi connectivity index (χ1v) is 4.45. The van der Waals surface area contributed by atoms with Crippen LogP contribution in [0.3, 0.4) is 0 Å². The molecule has 15 heavy (non-hydrogen) atoms. The van der Waals surface area contributed by atoms with Crippen LogP contribution in [0.4, 0.5) is 0 Å². The molecule has 0 atom stereocenters. The van der Waals surface area contributed by atoms with E-state index in [9.17, 15) is 4.79 Å². The van der Waals surface area contributed by atoms with Gasteiger partial charge in [0.05, 0.1) is 0 Å². The Morgan fingerprint density at radius 2 is 2.13 bits per heavy atom. The Hall–Kier alpha value is -1.98. The molecule has 0 aliphatic rings. The van der Waals surface area contributed by atoms with E-state index in [-0.39, 0.29) is 5.88 Å². The van der Waals surface area contributed by atoms with E-state index >= 15 is 0 Å². The van der Waals surface area contributed by atoms with Crippen LogP contribution in [-0.2, 0) is 4.79 Å². The number of aryl methyl sites for hydroxylation is 2. The molecule has 0 amide bonds. The largest absolute Gasteiger partial charge is 0.407 e. The van der Waals surface area contributed by atoms with Gasteiger partial charge in [0.1, 0.15) is 11.6 Å². The second-order valence-corrected chi connectivity index (χ2v) is 3.16. The molecule has 2 aromatic heterocycles. The Balaban J connectivity index is 2.56. The molecule has 2 aromatic rings. The summed E-state index contributed by atoms with van der Waals surface area (Å²) in [4.78, 5) is 19.0. The quantitative estimate of drug-likeness (QED) is 0.641. The van der Waals surface area contributed by atoms with Gasteiger partial charge in [0.25, 0.3) is 0 Å². The second-order valence-electron chi connectivity index (χ2n) is 3.16. The number of fused-ring (bicyclic) bond motifs is 1. The third-order valence-electron chi connectivity index (χ3n) is 1.82. The van der Waals surface area contributed by atoms with Gasteiger partial charge in [0.2, 0.25) is 5.88 Å². The molecule has 0 aliphatic carbocycles. The third kappa shape index (κ3) is 1.78. The van der Waals surface area contributed by atoms with Gasteiger partial charge in [0.15, 0.2) is 5.65 Å². The van der Waals surface area contributed by atoms with Gasteiger partial charge in [-0.3, -0.25) is 4.79 Å². The van der Waals surface area contributed by atoms with E-state index in [1.54, 1.807) is 24.4 Å². The number of nitrogens with zero attached hydrogens (tertiary/aromatic N) is 4. The number of hydrogen-bond acceptors (Lipinski definition) is 5. The molecule has 6 heteroatoms. The fourth-order valence-corrected chi connectivity index (χ4v) is 1.31. The minimum absolute atomic E-state index is 0.250. The summed E-state index contributed by atoms with van der Waals surface area (Å²) in [6.45, 7) is 4.89. The van der Waals surface area contributed by atoms with Crippen molar-refractivity contribution in [2.75, 3.05) is 0 Å². The van der Waals surface area contributed by atoms with Crippen LogP contribution in [0, 0.1) is 13.8 Å². The highest BCUT2D eigenvalue weighted by molar-refractivity contribution is 5.69. The number of carbonyl (C=O) groups excluding carboxylic acids is 1. The number of carbonyl (C=O) groups is 1. The number of esters is 1. The summed E-state index contributed by atoms with van der Waals surface area (Å²) < 4.78 is 6.48. The molecule has 0 saturated carbocycles. The molecular formula is C9H10N4O2. The van der Waals surface area contributed by atoms with Crippen molar-refractivity contribution < 1.29 is 9.53 Å². The predicted molar refractivity (Wildman–Crippen MR) is 51.6 cm³/mol. The van der Waals surface area contributed by atoms with Crippen molar-refractivity contribution in [3.8, 4) is 5.88 Å². The first-order valence-electron chi connectivity index (χ1n) is 4.45. The summed E-state index contributed by atoms with van der Waals surface area (Å²) in [6, 6.07) is 1.58.